The third-order valence-corrected chi connectivity index (χ3v) is 4.03. The van der Waals surface area contributed by atoms with Crippen LogP contribution in [0.15, 0.2) is 60.7 Å². The topological polar surface area (TPSA) is 42.1 Å². The van der Waals surface area contributed by atoms with E-state index in [0.717, 1.165) is 28.1 Å². The predicted molar refractivity (Wildman–Crippen MR) is 96.2 cm³/mol. The highest BCUT2D eigenvalue weighted by atomic mass is 16.5. The Labute approximate surface area is 142 Å². The molecule has 122 valence electrons. The van der Waals surface area contributed by atoms with E-state index in [4.69, 9.17) is 4.74 Å². The number of H-pyrrole nitrogens is 1. The lowest BCUT2D eigenvalue weighted by atomic mass is 9.98. The van der Waals surface area contributed by atoms with E-state index >= 15 is 0 Å². The first kappa shape index (κ1) is 16.1. The van der Waals surface area contributed by atoms with Gasteiger partial charge < -0.3 is 9.72 Å². The zero-order valence-electron chi connectivity index (χ0n) is 14.0. The van der Waals surface area contributed by atoms with Gasteiger partial charge in [0.2, 0.25) is 0 Å². The summed E-state index contributed by atoms with van der Waals surface area (Å²) >= 11 is 0. The van der Waals surface area contributed by atoms with E-state index in [1.807, 2.05) is 62.4 Å². The maximum atomic E-state index is 12.6. The minimum atomic E-state index is -0.272. The lowest BCUT2D eigenvalue weighted by Crippen LogP contribution is -2.08. The normalized spacial score (nSPS) is 10.6. The summed E-state index contributed by atoms with van der Waals surface area (Å²) in [6, 6.07) is 20.1. The minimum absolute atomic E-state index is 0.272. The standard InChI is InChI=1S/C21H21NO2/c1-3-24-21(23)20-18(14-16-10-6-4-7-11-16)22-15(2)19(20)17-12-8-5-9-13-17/h4-13,22H,3,14H2,1-2H3. The van der Waals surface area contributed by atoms with Gasteiger partial charge in [0.25, 0.3) is 0 Å². The molecule has 0 amide bonds. The molecule has 1 aromatic heterocycles. The van der Waals surface area contributed by atoms with Gasteiger partial charge in [-0.15, -0.1) is 0 Å². The molecule has 0 radical (unpaired) electrons. The van der Waals surface area contributed by atoms with E-state index in [-0.39, 0.29) is 5.97 Å². The molecule has 0 saturated carbocycles. The molecule has 3 heteroatoms. The molecule has 0 saturated heterocycles. The molecule has 3 aromatic rings. The van der Waals surface area contributed by atoms with Gasteiger partial charge in [0.15, 0.2) is 0 Å². The molecular formula is C21H21NO2. The van der Waals surface area contributed by atoms with Crippen LogP contribution in [-0.2, 0) is 11.2 Å². The fourth-order valence-corrected chi connectivity index (χ4v) is 3.02. The molecule has 0 atom stereocenters. The van der Waals surface area contributed by atoms with Crippen LogP contribution < -0.4 is 0 Å². The summed E-state index contributed by atoms with van der Waals surface area (Å²) < 4.78 is 5.32. The lowest BCUT2D eigenvalue weighted by Gasteiger charge is -2.08. The summed E-state index contributed by atoms with van der Waals surface area (Å²) in [6.45, 7) is 4.19. The number of hydrogen-bond acceptors (Lipinski definition) is 2. The van der Waals surface area contributed by atoms with Gasteiger partial charge in [-0.25, -0.2) is 4.79 Å². The summed E-state index contributed by atoms with van der Waals surface area (Å²) in [4.78, 5) is 16.0. The number of carbonyl (C=O) groups is 1. The quantitative estimate of drug-likeness (QED) is 0.689. The Bertz CT molecular complexity index is 820. The molecule has 3 rings (SSSR count). The first-order chi connectivity index (χ1) is 11.7. The highest BCUT2D eigenvalue weighted by Gasteiger charge is 2.23. The van der Waals surface area contributed by atoms with Crippen LogP contribution in [0, 0.1) is 6.92 Å². The molecule has 0 bridgehead atoms. The van der Waals surface area contributed by atoms with Gasteiger partial charge in [-0.3, -0.25) is 0 Å². The number of aromatic nitrogens is 1. The van der Waals surface area contributed by atoms with E-state index < -0.39 is 0 Å². The number of aromatic amines is 1. The Hall–Kier alpha value is -2.81. The second-order valence-corrected chi connectivity index (χ2v) is 5.73. The first-order valence-corrected chi connectivity index (χ1v) is 8.18. The highest BCUT2D eigenvalue weighted by molar-refractivity contribution is 5.99. The zero-order chi connectivity index (χ0) is 16.9. The van der Waals surface area contributed by atoms with E-state index in [1.54, 1.807) is 0 Å². The van der Waals surface area contributed by atoms with Crippen molar-refractivity contribution in [3.63, 3.8) is 0 Å². The number of benzene rings is 2. The van der Waals surface area contributed by atoms with Crippen molar-refractivity contribution >= 4 is 5.97 Å². The van der Waals surface area contributed by atoms with Crippen molar-refractivity contribution < 1.29 is 9.53 Å². The van der Waals surface area contributed by atoms with Crippen molar-refractivity contribution in [3.05, 3.63) is 83.2 Å². The smallest absolute Gasteiger partial charge is 0.340 e. The van der Waals surface area contributed by atoms with Gasteiger partial charge in [0, 0.05) is 23.4 Å². The second-order valence-electron chi connectivity index (χ2n) is 5.73. The van der Waals surface area contributed by atoms with Crippen molar-refractivity contribution in [2.45, 2.75) is 20.3 Å². The number of ether oxygens (including phenoxy) is 1. The third-order valence-electron chi connectivity index (χ3n) is 4.03. The number of esters is 1. The Balaban J connectivity index is 2.10. The molecule has 0 aliphatic heterocycles. The van der Waals surface area contributed by atoms with Crippen LogP contribution in [0.2, 0.25) is 0 Å². The van der Waals surface area contributed by atoms with Crippen LogP contribution in [0.5, 0.6) is 0 Å². The summed E-state index contributed by atoms with van der Waals surface area (Å²) in [7, 11) is 0. The molecule has 0 spiro atoms. The summed E-state index contributed by atoms with van der Waals surface area (Å²) in [5, 5.41) is 0. The third kappa shape index (κ3) is 3.25. The molecule has 0 aliphatic rings. The van der Waals surface area contributed by atoms with Gasteiger partial charge in [-0.1, -0.05) is 60.7 Å². The average molecular weight is 319 g/mol. The Morgan fingerprint density at radius 2 is 1.62 bits per heavy atom. The van der Waals surface area contributed by atoms with Gasteiger partial charge in [-0.2, -0.15) is 0 Å². The summed E-state index contributed by atoms with van der Waals surface area (Å²) in [5.41, 5.74) is 5.63. The van der Waals surface area contributed by atoms with E-state index in [0.29, 0.717) is 18.6 Å². The van der Waals surface area contributed by atoms with Crippen LogP contribution in [0.4, 0.5) is 0 Å². The Kier molecular flexibility index (Phi) is 4.80. The van der Waals surface area contributed by atoms with Crippen LogP contribution >= 0.6 is 0 Å². The van der Waals surface area contributed by atoms with Crippen LogP contribution in [-0.4, -0.2) is 17.6 Å². The molecular weight excluding hydrogens is 298 g/mol. The van der Waals surface area contributed by atoms with Gasteiger partial charge in [0.05, 0.1) is 12.2 Å². The van der Waals surface area contributed by atoms with Crippen molar-refractivity contribution in [1.29, 1.82) is 0 Å². The zero-order valence-corrected chi connectivity index (χ0v) is 14.0. The molecule has 2 aromatic carbocycles. The molecule has 3 nitrogen and oxygen atoms in total. The van der Waals surface area contributed by atoms with Crippen molar-refractivity contribution in [2.24, 2.45) is 0 Å². The number of nitrogens with one attached hydrogen (secondary N) is 1. The molecule has 1 N–H and O–H groups in total. The van der Waals surface area contributed by atoms with Crippen LogP contribution in [0.1, 0.15) is 34.2 Å². The van der Waals surface area contributed by atoms with Crippen LogP contribution in [0.3, 0.4) is 0 Å². The molecule has 24 heavy (non-hydrogen) atoms. The minimum Gasteiger partial charge on any atom is -0.462 e. The van der Waals surface area contributed by atoms with Crippen LogP contribution in [0.25, 0.3) is 11.1 Å². The monoisotopic (exact) mass is 319 g/mol. The largest absolute Gasteiger partial charge is 0.462 e. The summed E-state index contributed by atoms with van der Waals surface area (Å²) in [5.74, 6) is -0.272. The summed E-state index contributed by atoms with van der Waals surface area (Å²) in [6.07, 6.45) is 0.669. The second kappa shape index (κ2) is 7.18. The van der Waals surface area contributed by atoms with Crippen molar-refractivity contribution in [3.8, 4) is 11.1 Å². The van der Waals surface area contributed by atoms with Gasteiger partial charge in [-0.05, 0) is 25.0 Å². The number of hydrogen-bond donors (Lipinski definition) is 1. The van der Waals surface area contributed by atoms with E-state index in [9.17, 15) is 4.79 Å². The van der Waals surface area contributed by atoms with Crippen molar-refractivity contribution in [1.82, 2.24) is 4.98 Å². The fourth-order valence-electron chi connectivity index (χ4n) is 3.02. The molecule has 0 unspecified atom stereocenters. The SMILES string of the molecule is CCOC(=O)c1c(Cc2ccccc2)[nH]c(C)c1-c1ccccc1. The molecule has 1 heterocycles. The lowest BCUT2D eigenvalue weighted by molar-refractivity contribution is 0.0526. The average Bonchev–Trinajstić information content (AvgIpc) is 2.93. The Morgan fingerprint density at radius 1 is 1.00 bits per heavy atom. The number of rotatable bonds is 5. The van der Waals surface area contributed by atoms with Crippen molar-refractivity contribution in [2.75, 3.05) is 6.61 Å². The molecule has 0 fully saturated rings. The van der Waals surface area contributed by atoms with E-state index in [1.165, 1.54) is 0 Å². The predicted octanol–water partition coefficient (Wildman–Crippen LogP) is 4.76. The Morgan fingerprint density at radius 3 is 2.25 bits per heavy atom. The van der Waals surface area contributed by atoms with E-state index in [2.05, 4.69) is 17.1 Å². The molecule has 0 aliphatic carbocycles. The first-order valence-electron chi connectivity index (χ1n) is 8.18. The van der Waals surface area contributed by atoms with Gasteiger partial charge >= 0.3 is 5.97 Å². The van der Waals surface area contributed by atoms with Gasteiger partial charge in [0.1, 0.15) is 0 Å². The maximum absolute atomic E-state index is 12.6. The highest BCUT2D eigenvalue weighted by Crippen LogP contribution is 2.31. The maximum Gasteiger partial charge on any atom is 0.340 e. The number of carbonyl (C=O) groups excluding carboxylic acids is 1. The fraction of sp³-hybridized carbons (Fsp3) is 0.190. The number of aryl methyl sites for hydroxylation is 1.